The van der Waals surface area contributed by atoms with Crippen molar-refractivity contribution in [3.63, 3.8) is 0 Å². The van der Waals surface area contributed by atoms with Crippen molar-refractivity contribution in [2.45, 2.75) is 39.2 Å². The highest BCUT2D eigenvalue weighted by Gasteiger charge is 2.32. The number of amides is 1. The lowest BCUT2D eigenvalue weighted by Gasteiger charge is -2.23. The van der Waals surface area contributed by atoms with Crippen LogP contribution in [0.25, 0.3) is 0 Å². The Morgan fingerprint density at radius 1 is 1.45 bits per heavy atom. The Kier molecular flexibility index (Phi) is 4.22. The molecule has 0 N–H and O–H groups in total. The molecule has 1 saturated heterocycles. The Bertz CT molecular complexity index is 636. The van der Waals surface area contributed by atoms with E-state index in [0.29, 0.717) is 11.6 Å². The summed E-state index contributed by atoms with van der Waals surface area (Å²) in [5, 5.41) is 3.96. The van der Waals surface area contributed by atoms with E-state index in [1.165, 1.54) is 0 Å². The van der Waals surface area contributed by atoms with Crippen molar-refractivity contribution >= 4 is 5.91 Å². The van der Waals surface area contributed by atoms with Gasteiger partial charge in [0, 0.05) is 25.2 Å². The molecule has 2 aromatic heterocycles. The molecule has 1 atom stereocenters. The number of carbonyl (C=O) groups is 1. The van der Waals surface area contributed by atoms with Crippen molar-refractivity contribution in [3.05, 3.63) is 47.6 Å². The third kappa shape index (κ3) is 3.03. The van der Waals surface area contributed by atoms with E-state index >= 15 is 0 Å². The number of nitrogens with zero attached hydrogens (tertiary/aromatic N) is 3. The van der Waals surface area contributed by atoms with E-state index < -0.39 is 0 Å². The summed E-state index contributed by atoms with van der Waals surface area (Å²) in [6, 6.07) is 7.64. The van der Waals surface area contributed by atoms with Gasteiger partial charge in [-0.2, -0.15) is 0 Å². The van der Waals surface area contributed by atoms with Gasteiger partial charge in [-0.1, -0.05) is 25.1 Å². The van der Waals surface area contributed by atoms with E-state index in [0.717, 1.165) is 37.3 Å². The summed E-state index contributed by atoms with van der Waals surface area (Å²) in [7, 11) is 0. The third-order valence-corrected chi connectivity index (χ3v) is 3.93. The van der Waals surface area contributed by atoms with Gasteiger partial charge in [-0.15, -0.1) is 0 Å². The minimum Gasteiger partial charge on any atom is -0.361 e. The van der Waals surface area contributed by atoms with Crippen LogP contribution >= 0.6 is 0 Å². The summed E-state index contributed by atoms with van der Waals surface area (Å²) in [5.74, 6) is 1.18. The molecule has 0 saturated carbocycles. The lowest BCUT2D eigenvalue weighted by Crippen LogP contribution is -2.31. The normalized spacial score (nSPS) is 18.1. The average Bonchev–Trinajstić information content (AvgIpc) is 3.16. The highest BCUT2D eigenvalue weighted by atomic mass is 16.5. The van der Waals surface area contributed by atoms with Crippen LogP contribution in [0.2, 0.25) is 0 Å². The molecule has 0 radical (unpaired) electrons. The first kappa shape index (κ1) is 14.8. The summed E-state index contributed by atoms with van der Waals surface area (Å²) in [6.45, 7) is 4.97. The molecular formula is C17H21N3O2. The Balaban J connectivity index is 1.77. The Morgan fingerprint density at radius 3 is 3.05 bits per heavy atom. The Labute approximate surface area is 130 Å². The van der Waals surface area contributed by atoms with Crippen molar-refractivity contribution in [2.75, 3.05) is 6.54 Å². The van der Waals surface area contributed by atoms with Crippen LogP contribution in [0.5, 0.6) is 0 Å². The first-order chi connectivity index (χ1) is 10.6. The summed E-state index contributed by atoms with van der Waals surface area (Å²) < 4.78 is 5.28. The van der Waals surface area contributed by atoms with Crippen molar-refractivity contribution in [1.82, 2.24) is 15.0 Å². The van der Waals surface area contributed by atoms with Gasteiger partial charge in [0.05, 0.1) is 11.7 Å². The van der Waals surface area contributed by atoms with Gasteiger partial charge in [-0.25, -0.2) is 0 Å². The summed E-state index contributed by atoms with van der Waals surface area (Å²) in [6.07, 6.45) is 4.50. The number of aromatic nitrogens is 2. The molecule has 1 aliphatic heterocycles. The lowest BCUT2D eigenvalue weighted by atomic mass is 10.1. The van der Waals surface area contributed by atoms with Crippen molar-refractivity contribution < 1.29 is 9.32 Å². The van der Waals surface area contributed by atoms with Gasteiger partial charge in [-0.05, 0) is 30.9 Å². The summed E-state index contributed by atoms with van der Waals surface area (Å²) in [4.78, 5) is 19.0. The SMILES string of the molecule is CC(C)Cc1cc(C(=O)N2CCC[C@@H]2c2ccccn2)no1. The van der Waals surface area contributed by atoms with Crippen LogP contribution < -0.4 is 0 Å². The topological polar surface area (TPSA) is 59.2 Å². The third-order valence-electron chi connectivity index (χ3n) is 3.93. The molecule has 3 rings (SSSR count). The summed E-state index contributed by atoms with van der Waals surface area (Å²) >= 11 is 0. The van der Waals surface area contributed by atoms with Crippen molar-refractivity contribution in [3.8, 4) is 0 Å². The van der Waals surface area contributed by atoms with Gasteiger partial charge in [0.2, 0.25) is 0 Å². The van der Waals surface area contributed by atoms with E-state index in [1.54, 1.807) is 12.3 Å². The largest absolute Gasteiger partial charge is 0.361 e. The molecule has 2 aromatic rings. The summed E-state index contributed by atoms with van der Waals surface area (Å²) in [5.41, 5.74) is 1.35. The van der Waals surface area contributed by atoms with Crippen LogP contribution in [-0.4, -0.2) is 27.5 Å². The second kappa shape index (κ2) is 6.30. The molecule has 1 fully saturated rings. The van der Waals surface area contributed by atoms with Crippen LogP contribution in [0, 0.1) is 5.92 Å². The highest BCUT2D eigenvalue weighted by Crippen LogP contribution is 2.31. The molecular weight excluding hydrogens is 278 g/mol. The molecule has 0 bridgehead atoms. The van der Waals surface area contributed by atoms with Crippen molar-refractivity contribution in [2.24, 2.45) is 5.92 Å². The monoisotopic (exact) mass is 299 g/mol. The fourth-order valence-electron chi connectivity index (χ4n) is 2.95. The minimum absolute atomic E-state index is 0.0407. The quantitative estimate of drug-likeness (QED) is 0.869. The number of rotatable bonds is 4. The van der Waals surface area contributed by atoms with Crippen LogP contribution in [0.1, 0.15) is 54.7 Å². The first-order valence-electron chi connectivity index (χ1n) is 7.82. The second-order valence-electron chi connectivity index (χ2n) is 6.19. The van der Waals surface area contributed by atoms with E-state index in [2.05, 4.69) is 24.0 Å². The Hall–Kier alpha value is -2.17. The van der Waals surface area contributed by atoms with Gasteiger partial charge < -0.3 is 9.42 Å². The molecule has 22 heavy (non-hydrogen) atoms. The average molecular weight is 299 g/mol. The van der Waals surface area contributed by atoms with Gasteiger partial charge >= 0.3 is 0 Å². The van der Waals surface area contributed by atoms with Crippen LogP contribution in [-0.2, 0) is 6.42 Å². The molecule has 5 heteroatoms. The molecule has 5 nitrogen and oxygen atoms in total. The molecule has 0 aromatic carbocycles. The van der Waals surface area contributed by atoms with Crippen LogP contribution in [0.3, 0.4) is 0 Å². The van der Waals surface area contributed by atoms with Crippen molar-refractivity contribution in [1.29, 1.82) is 0 Å². The Morgan fingerprint density at radius 2 is 2.32 bits per heavy atom. The van der Waals surface area contributed by atoms with Gasteiger partial charge in [0.25, 0.3) is 5.91 Å². The zero-order valence-corrected chi connectivity index (χ0v) is 13.0. The van der Waals surface area contributed by atoms with E-state index in [9.17, 15) is 4.79 Å². The van der Waals surface area contributed by atoms with E-state index in [-0.39, 0.29) is 11.9 Å². The fraction of sp³-hybridized carbons (Fsp3) is 0.471. The minimum atomic E-state index is -0.0630. The number of likely N-dealkylation sites (tertiary alicyclic amines) is 1. The molecule has 0 aliphatic carbocycles. The number of pyridine rings is 1. The highest BCUT2D eigenvalue weighted by molar-refractivity contribution is 5.92. The fourth-order valence-corrected chi connectivity index (χ4v) is 2.95. The molecule has 3 heterocycles. The number of hydrogen-bond donors (Lipinski definition) is 0. The van der Waals surface area contributed by atoms with Crippen LogP contribution in [0.4, 0.5) is 0 Å². The maximum absolute atomic E-state index is 12.7. The standard InChI is InChI=1S/C17H21N3O2/c1-12(2)10-13-11-15(19-22-13)17(21)20-9-5-7-16(20)14-6-3-4-8-18-14/h3-4,6,8,11-12,16H,5,7,9-10H2,1-2H3/t16-/m1/s1. The predicted octanol–water partition coefficient (Wildman–Crippen LogP) is 3.25. The zero-order chi connectivity index (χ0) is 15.5. The molecule has 1 aliphatic rings. The first-order valence-corrected chi connectivity index (χ1v) is 7.82. The molecule has 0 unspecified atom stereocenters. The van der Waals surface area contributed by atoms with Gasteiger partial charge in [-0.3, -0.25) is 9.78 Å². The molecule has 1 amide bonds. The van der Waals surface area contributed by atoms with Gasteiger partial charge in [0.1, 0.15) is 5.76 Å². The lowest BCUT2D eigenvalue weighted by molar-refractivity contribution is 0.0722. The predicted molar refractivity (Wildman–Crippen MR) is 82.3 cm³/mol. The van der Waals surface area contributed by atoms with Crippen LogP contribution in [0.15, 0.2) is 35.0 Å². The number of hydrogen-bond acceptors (Lipinski definition) is 4. The zero-order valence-electron chi connectivity index (χ0n) is 13.0. The van der Waals surface area contributed by atoms with E-state index in [4.69, 9.17) is 4.52 Å². The maximum atomic E-state index is 12.7. The number of carbonyl (C=O) groups excluding carboxylic acids is 1. The smallest absolute Gasteiger partial charge is 0.276 e. The van der Waals surface area contributed by atoms with E-state index in [1.807, 2.05) is 23.1 Å². The second-order valence-corrected chi connectivity index (χ2v) is 6.19. The maximum Gasteiger partial charge on any atom is 0.276 e. The molecule has 116 valence electrons. The molecule has 0 spiro atoms. The van der Waals surface area contributed by atoms with Gasteiger partial charge in [0.15, 0.2) is 5.69 Å².